The van der Waals surface area contributed by atoms with Crippen molar-refractivity contribution in [2.45, 2.75) is 12.5 Å². The van der Waals surface area contributed by atoms with Crippen LogP contribution in [0.2, 0.25) is 0 Å². The van der Waals surface area contributed by atoms with E-state index in [1.807, 2.05) is 12.1 Å². The zero-order valence-corrected chi connectivity index (χ0v) is 18.2. The lowest BCUT2D eigenvalue weighted by molar-refractivity contribution is -0.116. The lowest BCUT2D eigenvalue weighted by atomic mass is 9.96. The molecule has 0 radical (unpaired) electrons. The second-order valence-corrected chi connectivity index (χ2v) is 8.87. The fourth-order valence-electron chi connectivity index (χ4n) is 5.27. The van der Waals surface area contributed by atoms with Crippen molar-refractivity contribution >= 4 is 12.0 Å². The van der Waals surface area contributed by atoms with E-state index in [0.717, 1.165) is 49.4 Å². The molecule has 1 unspecified atom stereocenters. The molecule has 0 spiro atoms. The second kappa shape index (κ2) is 9.49. The summed E-state index contributed by atoms with van der Waals surface area (Å²) in [5.41, 5.74) is 3.67. The standard InChI is InChI=1S/C28H29N3O/c32-27(14-13-21-8-7-16-29-18-21)30-17-15-24-25-19-31(20-26(24)25)28(22-9-3-1-4-10-22)23-11-5-2-6-12-23/h1-14,16,18,24-26,28H,15,17,19-20H2,(H,30,32)/b14-13+/t24?,25-,26+. The molecular weight excluding hydrogens is 394 g/mol. The first-order valence-electron chi connectivity index (χ1n) is 11.5. The summed E-state index contributed by atoms with van der Waals surface area (Å²) in [6.45, 7) is 3.02. The molecule has 3 aromatic rings. The molecule has 32 heavy (non-hydrogen) atoms. The van der Waals surface area contributed by atoms with Crippen molar-refractivity contribution in [3.05, 3.63) is 108 Å². The highest BCUT2D eigenvalue weighted by Gasteiger charge is 2.55. The maximum atomic E-state index is 12.1. The molecule has 0 bridgehead atoms. The maximum absolute atomic E-state index is 12.1. The molecule has 1 aromatic heterocycles. The van der Waals surface area contributed by atoms with Crippen LogP contribution in [0.5, 0.6) is 0 Å². The summed E-state index contributed by atoms with van der Waals surface area (Å²) in [5, 5.41) is 3.04. The predicted molar refractivity (Wildman–Crippen MR) is 128 cm³/mol. The molecule has 1 aliphatic heterocycles. The van der Waals surface area contributed by atoms with Gasteiger partial charge in [-0.15, -0.1) is 0 Å². The number of nitrogens with zero attached hydrogens (tertiary/aromatic N) is 2. The molecule has 5 rings (SSSR count). The van der Waals surface area contributed by atoms with Gasteiger partial charge in [-0.05, 0) is 53.0 Å². The van der Waals surface area contributed by atoms with E-state index >= 15 is 0 Å². The van der Waals surface area contributed by atoms with Crippen LogP contribution in [0.1, 0.15) is 29.2 Å². The molecule has 3 atom stereocenters. The smallest absolute Gasteiger partial charge is 0.244 e. The van der Waals surface area contributed by atoms with Crippen LogP contribution in [0.3, 0.4) is 0 Å². The zero-order chi connectivity index (χ0) is 21.8. The molecule has 2 fully saturated rings. The fourth-order valence-corrected chi connectivity index (χ4v) is 5.27. The Hall–Kier alpha value is -3.24. The van der Waals surface area contributed by atoms with Crippen LogP contribution in [0, 0.1) is 17.8 Å². The van der Waals surface area contributed by atoms with Gasteiger partial charge in [0.05, 0.1) is 6.04 Å². The van der Waals surface area contributed by atoms with Gasteiger partial charge in [0, 0.05) is 38.1 Å². The summed E-state index contributed by atoms with van der Waals surface area (Å²) in [6, 6.07) is 25.8. The number of hydrogen-bond acceptors (Lipinski definition) is 3. The van der Waals surface area contributed by atoms with Crippen LogP contribution >= 0.6 is 0 Å². The number of likely N-dealkylation sites (tertiary alicyclic amines) is 1. The number of fused-ring (bicyclic) bond motifs is 1. The molecule has 1 aliphatic carbocycles. The highest BCUT2D eigenvalue weighted by atomic mass is 16.1. The monoisotopic (exact) mass is 423 g/mol. The summed E-state index contributed by atoms with van der Waals surface area (Å²) in [5.74, 6) is 2.22. The highest BCUT2D eigenvalue weighted by molar-refractivity contribution is 5.91. The Kier molecular flexibility index (Phi) is 6.13. The molecular formula is C28H29N3O. The number of pyridine rings is 1. The van der Waals surface area contributed by atoms with Gasteiger partial charge in [0.2, 0.25) is 5.91 Å². The van der Waals surface area contributed by atoms with Gasteiger partial charge in [-0.25, -0.2) is 0 Å². The van der Waals surface area contributed by atoms with Gasteiger partial charge in [-0.1, -0.05) is 66.7 Å². The highest BCUT2D eigenvalue weighted by Crippen LogP contribution is 2.55. The van der Waals surface area contributed by atoms with E-state index in [9.17, 15) is 4.79 Å². The van der Waals surface area contributed by atoms with Crippen molar-refractivity contribution in [1.82, 2.24) is 15.2 Å². The van der Waals surface area contributed by atoms with Gasteiger partial charge in [0.15, 0.2) is 0 Å². The first kappa shape index (κ1) is 20.7. The zero-order valence-electron chi connectivity index (χ0n) is 18.2. The molecule has 1 saturated heterocycles. The van der Waals surface area contributed by atoms with Gasteiger partial charge < -0.3 is 5.32 Å². The largest absolute Gasteiger partial charge is 0.353 e. The molecule has 1 N–H and O–H groups in total. The van der Waals surface area contributed by atoms with Gasteiger partial charge in [0.25, 0.3) is 0 Å². The van der Waals surface area contributed by atoms with Crippen LogP contribution < -0.4 is 5.32 Å². The Morgan fingerprint density at radius 1 is 0.969 bits per heavy atom. The van der Waals surface area contributed by atoms with Crippen molar-refractivity contribution in [3.8, 4) is 0 Å². The minimum Gasteiger partial charge on any atom is -0.353 e. The first-order chi connectivity index (χ1) is 15.8. The van der Waals surface area contributed by atoms with Gasteiger partial charge >= 0.3 is 0 Å². The molecule has 2 heterocycles. The molecule has 4 nitrogen and oxygen atoms in total. The Bertz CT molecular complexity index is 1000. The Balaban J connectivity index is 1.13. The van der Waals surface area contributed by atoms with E-state index in [-0.39, 0.29) is 5.91 Å². The van der Waals surface area contributed by atoms with Gasteiger partial charge in [0.1, 0.15) is 0 Å². The number of amides is 1. The Morgan fingerprint density at radius 3 is 2.22 bits per heavy atom. The number of benzene rings is 2. The molecule has 2 aliphatic rings. The van der Waals surface area contributed by atoms with Crippen LogP contribution in [0.25, 0.3) is 6.08 Å². The van der Waals surface area contributed by atoms with Crippen molar-refractivity contribution in [1.29, 1.82) is 0 Å². The van der Waals surface area contributed by atoms with Crippen molar-refractivity contribution in [3.63, 3.8) is 0 Å². The quantitative estimate of drug-likeness (QED) is 0.540. The summed E-state index contributed by atoms with van der Waals surface area (Å²) >= 11 is 0. The first-order valence-corrected chi connectivity index (χ1v) is 11.5. The lowest BCUT2D eigenvalue weighted by Gasteiger charge is -2.31. The van der Waals surface area contributed by atoms with Crippen molar-refractivity contribution in [2.24, 2.45) is 17.8 Å². The summed E-state index contributed by atoms with van der Waals surface area (Å²) < 4.78 is 0. The molecule has 162 valence electrons. The minimum absolute atomic E-state index is 0.0329. The van der Waals surface area contributed by atoms with Crippen LogP contribution in [0.15, 0.2) is 91.3 Å². The number of aromatic nitrogens is 1. The number of carbonyl (C=O) groups is 1. The minimum atomic E-state index is -0.0329. The number of rotatable bonds is 8. The van der Waals surface area contributed by atoms with Gasteiger partial charge in [-0.3, -0.25) is 14.7 Å². The Morgan fingerprint density at radius 2 is 1.62 bits per heavy atom. The molecule has 1 saturated carbocycles. The van der Waals surface area contributed by atoms with E-state index < -0.39 is 0 Å². The van der Waals surface area contributed by atoms with Crippen LogP contribution in [-0.4, -0.2) is 35.4 Å². The predicted octanol–water partition coefficient (Wildman–Crippen LogP) is 4.57. The number of nitrogens with one attached hydrogen (secondary N) is 1. The second-order valence-electron chi connectivity index (χ2n) is 8.87. The van der Waals surface area contributed by atoms with E-state index in [4.69, 9.17) is 0 Å². The van der Waals surface area contributed by atoms with E-state index in [1.165, 1.54) is 11.1 Å². The van der Waals surface area contributed by atoms with Crippen molar-refractivity contribution in [2.75, 3.05) is 19.6 Å². The lowest BCUT2D eigenvalue weighted by Crippen LogP contribution is -2.31. The number of piperidine rings is 1. The Labute approximate surface area is 190 Å². The maximum Gasteiger partial charge on any atom is 0.244 e. The van der Waals surface area contributed by atoms with E-state index in [1.54, 1.807) is 24.5 Å². The van der Waals surface area contributed by atoms with E-state index in [0.29, 0.717) is 6.04 Å². The summed E-state index contributed by atoms with van der Waals surface area (Å²) in [7, 11) is 0. The molecule has 2 aromatic carbocycles. The fraction of sp³-hybridized carbons (Fsp3) is 0.286. The van der Waals surface area contributed by atoms with Gasteiger partial charge in [-0.2, -0.15) is 0 Å². The molecule has 1 amide bonds. The SMILES string of the molecule is O=C(/C=C/c1cccnc1)NCCC1[C@H]2CN(C(c3ccccc3)c3ccccc3)C[C@@H]12. The third-order valence-corrected chi connectivity index (χ3v) is 6.88. The van der Waals surface area contributed by atoms with Crippen LogP contribution in [-0.2, 0) is 4.79 Å². The average molecular weight is 424 g/mol. The summed E-state index contributed by atoms with van der Waals surface area (Å²) in [4.78, 5) is 18.8. The summed E-state index contributed by atoms with van der Waals surface area (Å²) in [6.07, 6.45) is 7.94. The number of hydrogen-bond donors (Lipinski definition) is 1. The molecule has 4 heteroatoms. The third kappa shape index (κ3) is 4.66. The average Bonchev–Trinajstić information content (AvgIpc) is 3.29. The topological polar surface area (TPSA) is 45.2 Å². The number of carbonyl (C=O) groups excluding carboxylic acids is 1. The van der Waals surface area contributed by atoms with E-state index in [2.05, 4.69) is 75.9 Å². The normalized spacial score (nSPS) is 22.2. The third-order valence-electron chi connectivity index (χ3n) is 6.88. The van der Waals surface area contributed by atoms with Crippen LogP contribution in [0.4, 0.5) is 0 Å². The van der Waals surface area contributed by atoms with Crippen molar-refractivity contribution < 1.29 is 4.79 Å².